The average Bonchev–Trinajstić information content (AvgIpc) is 2.98. The van der Waals surface area contributed by atoms with Gasteiger partial charge in [-0.2, -0.15) is 0 Å². The molecule has 0 saturated carbocycles. The fourth-order valence-electron chi connectivity index (χ4n) is 3.88. The lowest BCUT2D eigenvalue weighted by Gasteiger charge is -2.28. The molecule has 0 aromatic heterocycles. The number of benzene rings is 2. The largest absolute Gasteiger partial charge is 0.376 e. The minimum absolute atomic E-state index is 0.256. The Balaban J connectivity index is 1.88. The van der Waals surface area contributed by atoms with Gasteiger partial charge in [-0.05, 0) is 61.1 Å². The molecule has 3 rings (SSSR count). The Morgan fingerprint density at radius 1 is 1.00 bits per heavy atom. The van der Waals surface area contributed by atoms with Crippen LogP contribution in [-0.2, 0) is 27.6 Å². The van der Waals surface area contributed by atoms with Crippen molar-refractivity contribution in [2.75, 3.05) is 13.7 Å². The second-order valence-electron chi connectivity index (χ2n) is 7.42. The summed E-state index contributed by atoms with van der Waals surface area (Å²) in [5.74, 6) is 0. The average molecular weight is 374 g/mol. The predicted octanol–water partition coefficient (Wildman–Crippen LogP) is 3.38. The molecular weight excluding hydrogens is 346 g/mol. The highest BCUT2D eigenvalue weighted by atomic mass is 32.2. The number of hydrogen-bond donors (Lipinski definition) is 1. The summed E-state index contributed by atoms with van der Waals surface area (Å²) in [5, 5.41) is 0. The van der Waals surface area contributed by atoms with Crippen LogP contribution in [0.15, 0.2) is 35.2 Å². The van der Waals surface area contributed by atoms with Gasteiger partial charge in [-0.3, -0.25) is 0 Å². The van der Waals surface area contributed by atoms with Gasteiger partial charge in [0.1, 0.15) is 0 Å². The van der Waals surface area contributed by atoms with Crippen LogP contribution in [0.5, 0.6) is 0 Å². The minimum atomic E-state index is -3.62. The molecule has 0 radical (unpaired) electrons. The Hall–Kier alpha value is -1.69. The lowest BCUT2D eigenvalue weighted by Crippen LogP contribution is -2.45. The van der Waals surface area contributed by atoms with Crippen LogP contribution in [0.1, 0.15) is 33.4 Å². The van der Waals surface area contributed by atoms with Crippen molar-refractivity contribution in [1.82, 2.24) is 4.72 Å². The van der Waals surface area contributed by atoms with Gasteiger partial charge in [0.25, 0.3) is 0 Å². The monoisotopic (exact) mass is 373 g/mol. The van der Waals surface area contributed by atoms with Gasteiger partial charge in [0.2, 0.25) is 10.0 Å². The van der Waals surface area contributed by atoms with E-state index in [0.29, 0.717) is 17.7 Å². The molecule has 0 amide bonds. The van der Waals surface area contributed by atoms with Gasteiger partial charge in [-0.1, -0.05) is 30.3 Å². The van der Waals surface area contributed by atoms with E-state index < -0.39 is 15.6 Å². The van der Waals surface area contributed by atoms with Crippen molar-refractivity contribution in [3.05, 3.63) is 63.7 Å². The molecule has 0 heterocycles. The summed E-state index contributed by atoms with van der Waals surface area (Å²) >= 11 is 0. The molecule has 4 nitrogen and oxygen atoms in total. The van der Waals surface area contributed by atoms with Crippen LogP contribution >= 0.6 is 0 Å². The molecular formula is C21H27NO3S. The first kappa shape index (κ1) is 19.1. The maximum absolute atomic E-state index is 13.1. The van der Waals surface area contributed by atoms with Crippen molar-refractivity contribution in [3.63, 3.8) is 0 Å². The Morgan fingerprint density at radius 2 is 1.50 bits per heavy atom. The van der Waals surface area contributed by atoms with Crippen molar-refractivity contribution in [3.8, 4) is 0 Å². The predicted molar refractivity (Wildman–Crippen MR) is 104 cm³/mol. The zero-order valence-corrected chi connectivity index (χ0v) is 17.0. The number of aryl methyl sites for hydroxylation is 2. The van der Waals surface area contributed by atoms with Gasteiger partial charge < -0.3 is 4.74 Å². The maximum atomic E-state index is 13.1. The maximum Gasteiger partial charge on any atom is 0.241 e. The Labute approximate surface area is 156 Å². The van der Waals surface area contributed by atoms with E-state index in [1.165, 1.54) is 11.1 Å². The summed E-state index contributed by atoms with van der Waals surface area (Å²) in [6.45, 7) is 7.89. The molecule has 2 aromatic carbocycles. The fourth-order valence-corrected chi connectivity index (χ4v) is 5.61. The summed E-state index contributed by atoms with van der Waals surface area (Å²) in [5.41, 5.74) is 5.52. The quantitative estimate of drug-likeness (QED) is 0.874. The number of sulfonamides is 1. The van der Waals surface area contributed by atoms with Crippen LogP contribution in [0.2, 0.25) is 0 Å². The van der Waals surface area contributed by atoms with Crippen LogP contribution in [-0.4, -0.2) is 27.7 Å². The Kier molecular flexibility index (Phi) is 4.99. The Morgan fingerprint density at radius 3 is 1.96 bits per heavy atom. The molecule has 0 unspecified atom stereocenters. The number of fused-ring (bicyclic) bond motifs is 1. The molecule has 5 heteroatoms. The molecule has 0 spiro atoms. The van der Waals surface area contributed by atoms with Crippen LogP contribution in [0.4, 0.5) is 0 Å². The minimum Gasteiger partial charge on any atom is -0.376 e. The standard InChI is InChI=1S/C21H27NO3S/c1-14-10-15(2)17(4)20(16(14)3)26(23,24)22-13-21(25-5)11-18-8-6-7-9-19(18)12-21/h6-10,22H,11-13H2,1-5H3. The molecule has 0 bridgehead atoms. The van der Waals surface area contributed by atoms with Gasteiger partial charge >= 0.3 is 0 Å². The van der Waals surface area contributed by atoms with E-state index in [1.54, 1.807) is 7.11 Å². The zero-order valence-electron chi connectivity index (χ0n) is 16.1. The smallest absolute Gasteiger partial charge is 0.241 e. The van der Waals surface area contributed by atoms with E-state index in [9.17, 15) is 8.42 Å². The molecule has 0 aliphatic heterocycles. The highest BCUT2D eigenvalue weighted by Crippen LogP contribution is 2.33. The fraction of sp³-hybridized carbons (Fsp3) is 0.429. The lowest BCUT2D eigenvalue weighted by molar-refractivity contribution is 0.00378. The van der Waals surface area contributed by atoms with E-state index in [4.69, 9.17) is 4.74 Å². The van der Waals surface area contributed by atoms with Gasteiger partial charge in [-0.25, -0.2) is 13.1 Å². The van der Waals surface area contributed by atoms with Gasteiger partial charge in [-0.15, -0.1) is 0 Å². The van der Waals surface area contributed by atoms with Gasteiger partial charge in [0.15, 0.2) is 0 Å². The number of ether oxygens (including phenoxy) is 1. The van der Waals surface area contributed by atoms with E-state index >= 15 is 0 Å². The van der Waals surface area contributed by atoms with Crippen LogP contribution in [0.25, 0.3) is 0 Å². The molecule has 1 aliphatic rings. The van der Waals surface area contributed by atoms with E-state index in [0.717, 1.165) is 22.3 Å². The molecule has 0 fully saturated rings. The normalized spacial score (nSPS) is 15.9. The summed E-state index contributed by atoms with van der Waals surface area (Å²) in [6, 6.07) is 10.2. The molecule has 26 heavy (non-hydrogen) atoms. The van der Waals surface area contributed by atoms with E-state index in [-0.39, 0.29) is 6.54 Å². The third-order valence-corrected chi connectivity index (χ3v) is 7.40. The summed E-state index contributed by atoms with van der Waals surface area (Å²) in [4.78, 5) is 0.400. The van der Waals surface area contributed by atoms with Crippen molar-refractivity contribution >= 4 is 10.0 Å². The highest BCUT2D eigenvalue weighted by Gasteiger charge is 2.38. The van der Waals surface area contributed by atoms with Crippen LogP contribution < -0.4 is 4.72 Å². The van der Waals surface area contributed by atoms with Crippen LogP contribution in [0.3, 0.4) is 0 Å². The number of methoxy groups -OCH3 is 1. The number of hydrogen-bond acceptors (Lipinski definition) is 3. The van der Waals surface area contributed by atoms with Gasteiger partial charge in [0.05, 0.1) is 10.5 Å². The molecule has 0 atom stereocenters. The first-order chi connectivity index (χ1) is 12.2. The first-order valence-corrected chi connectivity index (χ1v) is 10.4. The number of rotatable bonds is 5. The van der Waals surface area contributed by atoms with Gasteiger partial charge in [0, 0.05) is 26.5 Å². The van der Waals surface area contributed by atoms with Crippen molar-refractivity contribution in [2.24, 2.45) is 0 Å². The summed E-state index contributed by atoms with van der Waals surface area (Å²) in [7, 11) is -1.96. The zero-order chi connectivity index (χ0) is 19.1. The number of nitrogens with one attached hydrogen (secondary N) is 1. The highest BCUT2D eigenvalue weighted by molar-refractivity contribution is 7.89. The molecule has 1 N–H and O–H groups in total. The third kappa shape index (κ3) is 3.31. The molecule has 140 valence electrons. The summed E-state index contributed by atoms with van der Waals surface area (Å²) < 4.78 is 34.8. The third-order valence-electron chi connectivity index (χ3n) is 5.73. The first-order valence-electron chi connectivity index (χ1n) is 8.88. The molecule has 0 saturated heterocycles. The van der Waals surface area contributed by atoms with Crippen molar-refractivity contribution in [2.45, 2.75) is 51.0 Å². The Bertz CT molecular complexity index is 897. The lowest BCUT2D eigenvalue weighted by atomic mass is 10.0. The SMILES string of the molecule is COC1(CNS(=O)(=O)c2c(C)c(C)cc(C)c2C)Cc2ccccc2C1. The second kappa shape index (κ2) is 6.80. The van der Waals surface area contributed by atoms with Crippen molar-refractivity contribution in [1.29, 1.82) is 0 Å². The van der Waals surface area contributed by atoms with E-state index in [1.807, 2.05) is 45.9 Å². The van der Waals surface area contributed by atoms with E-state index in [2.05, 4.69) is 16.9 Å². The summed E-state index contributed by atoms with van der Waals surface area (Å²) in [6.07, 6.45) is 1.43. The molecule has 2 aromatic rings. The van der Waals surface area contributed by atoms with Crippen molar-refractivity contribution < 1.29 is 13.2 Å². The second-order valence-corrected chi connectivity index (χ2v) is 9.13. The topological polar surface area (TPSA) is 55.4 Å². The molecule has 1 aliphatic carbocycles. The van der Waals surface area contributed by atoms with Crippen LogP contribution in [0, 0.1) is 27.7 Å².